The molecule has 1 rings (SSSR count). The summed E-state index contributed by atoms with van der Waals surface area (Å²) in [6, 6.07) is 0. The molecule has 0 aromatic heterocycles. The summed E-state index contributed by atoms with van der Waals surface area (Å²) in [4.78, 5) is 16.1. The molecule has 0 aliphatic carbocycles. The van der Waals surface area contributed by atoms with E-state index in [1.54, 1.807) is 0 Å². The van der Waals surface area contributed by atoms with Gasteiger partial charge in [-0.1, -0.05) is 13.3 Å². The number of β-amino-alcohol motifs (C(OH)–C–C–N with tert-alkyl or cyclic N) is 1. The molecule has 0 bridgehead atoms. The molecule has 0 aromatic rings. The van der Waals surface area contributed by atoms with Crippen LogP contribution in [0.1, 0.15) is 39.5 Å². The van der Waals surface area contributed by atoms with Crippen molar-refractivity contribution in [2.75, 3.05) is 32.7 Å². The van der Waals surface area contributed by atoms with E-state index in [2.05, 4.69) is 11.8 Å². The number of hydrogen-bond acceptors (Lipinski definition) is 3. The van der Waals surface area contributed by atoms with Crippen LogP contribution in [-0.4, -0.2) is 59.6 Å². The van der Waals surface area contributed by atoms with Gasteiger partial charge in [-0.3, -0.25) is 9.69 Å². The van der Waals surface area contributed by atoms with Crippen LogP contribution in [0.4, 0.5) is 0 Å². The van der Waals surface area contributed by atoms with Gasteiger partial charge in [-0.15, -0.1) is 0 Å². The molecule has 1 aliphatic rings. The first-order valence-electron chi connectivity index (χ1n) is 6.85. The lowest BCUT2D eigenvalue weighted by atomic mass is 10.1. The van der Waals surface area contributed by atoms with Crippen LogP contribution in [0.3, 0.4) is 0 Å². The van der Waals surface area contributed by atoms with Gasteiger partial charge in [0.05, 0.1) is 12.6 Å². The zero-order valence-electron chi connectivity index (χ0n) is 11.2. The summed E-state index contributed by atoms with van der Waals surface area (Å²) in [5, 5.41) is 9.56. The van der Waals surface area contributed by atoms with Crippen molar-refractivity contribution in [3.8, 4) is 0 Å². The summed E-state index contributed by atoms with van der Waals surface area (Å²) < 4.78 is 0. The van der Waals surface area contributed by atoms with Gasteiger partial charge in [0, 0.05) is 19.6 Å². The summed E-state index contributed by atoms with van der Waals surface area (Å²) in [5.41, 5.74) is 0. The number of aliphatic hydroxyl groups is 1. The van der Waals surface area contributed by atoms with Crippen LogP contribution in [0.25, 0.3) is 0 Å². The van der Waals surface area contributed by atoms with Crippen LogP contribution in [0, 0.1) is 0 Å². The fraction of sp³-hybridized carbons (Fsp3) is 0.923. The molecule has 4 heteroatoms. The van der Waals surface area contributed by atoms with Crippen LogP contribution in [0.15, 0.2) is 0 Å². The third-order valence-electron chi connectivity index (χ3n) is 3.36. The van der Waals surface area contributed by atoms with Crippen LogP contribution in [0.5, 0.6) is 0 Å². The van der Waals surface area contributed by atoms with Gasteiger partial charge in [-0.2, -0.15) is 0 Å². The maximum absolute atomic E-state index is 12.1. The van der Waals surface area contributed by atoms with E-state index in [-0.39, 0.29) is 12.0 Å². The van der Waals surface area contributed by atoms with Gasteiger partial charge in [-0.05, 0) is 32.7 Å². The molecule has 1 aliphatic heterocycles. The average Bonchev–Trinajstić information content (AvgIpc) is 2.30. The number of piperidine rings is 1. The standard InChI is InChI=1S/C13H26N2O2/c1-3-5-9-15(4-2)13(17)11-14-8-6-7-12(16)10-14/h12,16H,3-11H2,1-2H3/t12-/m1/s1. The lowest BCUT2D eigenvalue weighted by Crippen LogP contribution is -2.45. The minimum Gasteiger partial charge on any atom is -0.392 e. The second-order valence-electron chi connectivity index (χ2n) is 4.86. The van der Waals surface area contributed by atoms with Crippen LogP contribution < -0.4 is 0 Å². The van der Waals surface area contributed by atoms with E-state index in [1.165, 1.54) is 0 Å². The molecule has 1 atom stereocenters. The highest BCUT2D eigenvalue weighted by atomic mass is 16.3. The van der Waals surface area contributed by atoms with Crippen molar-refractivity contribution >= 4 is 5.91 Å². The highest BCUT2D eigenvalue weighted by Gasteiger charge is 2.21. The van der Waals surface area contributed by atoms with E-state index in [9.17, 15) is 9.90 Å². The number of amides is 1. The highest BCUT2D eigenvalue weighted by Crippen LogP contribution is 2.10. The molecule has 0 aromatic carbocycles. The van der Waals surface area contributed by atoms with Gasteiger partial charge < -0.3 is 10.0 Å². The molecular weight excluding hydrogens is 216 g/mol. The van der Waals surface area contributed by atoms with E-state index >= 15 is 0 Å². The van der Waals surface area contributed by atoms with Crippen molar-refractivity contribution < 1.29 is 9.90 Å². The molecule has 0 spiro atoms. The number of likely N-dealkylation sites (tertiary alicyclic amines) is 1. The summed E-state index contributed by atoms with van der Waals surface area (Å²) in [6.45, 7) is 7.87. The average molecular weight is 242 g/mol. The molecule has 17 heavy (non-hydrogen) atoms. The molecule has 0 saturated carbocycles. The van der Waals surface area contributed by atoms with Crippen LogP contribution >= 0.6 is 0 Å². The maximum atomic E-state index is 12.1. The SMILES string of the molecule is CCCCN(CC)C(=O)CN1CCC[C@@H](O)C1. The first kappa shape index (κ1) is 14.5. The molecule has 0 unspecified atom stereocenters. The van der Waals surface area contributed by atoms with Gasteiger partial charge >= 0.3 is 0 Å². The van der Waals surface area contributed by atoms with Gasteiger partial charge in [0.2, 0.25) is 5.91 Å². The normalized spacial score (nSPS) is 21.5. The molecule has 0 radical (unpaired) electrons. The number of rotatable bonds is 6. The van der Waals surface area contributed by atoms with Crippen molar-refractivity contribution in [3.63, 3.8) is 0 Å². The monoisotopic (exact) mass is 242 g/mol. The zero-order valence-corrected chi connectivity index (χ0v) is 11.2. The predicted molar refractivity (Wildman–Crippen MR) is 68.8 cm³/mol. The number of aliphatic hydroxyl groups excluding tert-OH is 1. The quantitative estimate of drug-likeness (QED) is 0.758. The Kier molecular flexibility index (Phi) is 6.52. The number of unbranched alkanes of at least 4 members (excludes halogenated alkanes) is 1. The molecule has 1 amide bonds. The number of nitrogens with zero attached hydrogens (tertiary/aromatic N) is 2. The van der Waals surface area contributed by atoms with Crippen molar-refractivity contribution in [1.29, 1.82) is 0 Å². The number of hydrogen-bond donors (Lipinski definition) is 1. The van der Waals surface area contributed by atoms with E-state index < -0.39 is 0 Å². The van der Waals surface area contributed by atoms with E-state index in [0.29, 0.717) is 13.1 Å². The molecule has 1 saturated heterocycles. The summed E-state index contributed by atoms with van der Waals surface area (Å²) >= 11 is 0. The minimum absolute atomic E-state index is 0.204. The minimum atomic E-state index is -0.248. The van der Waals surface area contributed by atoms with Crippen molar-refractivity contribution in [3.05, 3.63) is 0 Å². The summed E-state index contributed by atoms with van der Waals surface area (Å²) in [5.74, 6) is 0.204. The van der Waals surface area contributed by atoms with Crippen molar-refractivity contribution in [2.24, 2.45) is 0 Å². The maximum Gasteiger partial charge on any atom is 0.236 e. The second-order valence-corrected chi connectivity index (χ2v) is 4.86. The molecular formula is C13H26N2O2. The highest BCUT2D eigenvalue weighted by molar-refractivity contribution is 5.78. The lowest BCUT2D eigenvalue weighted by molar-refractivity contribution is -0.133. The fourth-order valence-corrected chi connectivity index (χ4v) is 2.27. The van der Waals surface area contributed by atoms with Crippen LogP contribution in [0.2, 0.25) is 0 Å². The lowest BCUT2D eigenvalue weighted by Gasteiger charge is -2.31. The molecule has 100 valence electrons. The Labute approximate surface area is 105 Å². The Morgan fingerprint density at radius 3 is 2.82 bits per heavy atom. The summed E-state index contributed by atoms with van der Waals surface area (Å²) in [7, 11) is 0. The topological polar surface area (TPSA) is 43.8 Å². The largest absolute Gasteiger partial charge is 0.392 e. The first-order chi connectivity index (χ1) is 8.17. The Morgan fingerprint density at radius 1 is 1.47 bits per heavy atom. The van der Waals surface area contributed by atoms with Crippen LogP contribution in [-0.2, 0) is 4.79 Å². The summed E-state index contributed by atoms with van der Waals surface area (Å²) in [6.07, 6.45) is 3.81. The van der Waals surface area contributed by atoms with Crippen molar-refractivity contribution in [1.82, 2.24) is 9.80 Å². The smallest absolute Gasteiger partial charge is 0.236 e. The first-order valence-corrected chi connectivity index (χ1v) is 6.85. The predicted octanol–water partition coefficient (Wildman–Crippen LogP) is 1.09. The van der Waals surface area contributed by atoms with E-state index in [1.807, 2.05) is 11.8 Å². The Balaban J connectivity index is 2.35. The molecule has 1 fully saturated rings. The van der Waals surface area contributed by atoms with E-state index in [0.717, 1.165) is 45.3 Å². The Hall–Kier alpha value is -0.610. The van der Waals surface area contributed by atoms with Gasteiger partial charge in [0.1, 0.15) is 0 Å². The molecule has 1 N–H and O–H groups in total. The number of carbonyl (C=O) groups excluding carboxylic acids is 1. The Bertz CT molecular complexity index is 233. The van der Waals surface area contributed by atoms with Gasteiger partial charge in [-0.25, -0.2) is 0 Å². The molecule has 4 nitrogen and oxygen atoms in total. The van der Waals surface area contributed by atoms with Gasteiger partial charge in [0.25, 0.3) is 0 Å². The zero-order chi connectivity index (χ0) is 12.7. The number of likely N-dealkylation sites (N-methyl/N-ethyl adjacent to an activating group) is 1. The van der Waals surface area contributed by atoms with Gasteiger partial charge in [0.15, 0.2) is 0 Å². The second kappa shape index (κ2) is 7.67. The third-order valence-corrected chi connectivity index (χ3v) is 3.36. The van der Waals surface area contributed by atoms with E-state index in [4.69, 9.17) is 0 Å². The Morgan fingerprint density at radius 2 is 2.24 bits per heavy atom. The number of carbonyl (C=O) groups is 1. The fourth-order valence-electron chi connectivity index (χ4n) is 2.27. The molecule has 1 heterocycles. The third kappa shape index (κ3) is 5.04. The van der Waals surface area contributed by atoms with Crippen molar-refractivity contribution in [2.45, 2.75) is 45.6 Å².